The van der Waals surface area contributed by atoms with Crippen molar-refractivity contribution in [2.75, 3.05) is 25.0 Å². The largest absolute Gasteiger partial charge is 0.337 e. The first kappa shape index (κ1) is 25.0. The highest BCUT2D eigenvalue weighted by atomic mass is 16.2. The number of nitrogens with zero attached hydrogens (tertiary/aromatic N) is 4. The van der Waals surface area contributed by atoms with Gasteiger partial charge in [0.05, 0.1) is 11.3 Å². The van der Waals surface area contributed by atoms with Gasteiger partial charge in [-0.15, -0.1) is 0 Å². The number of imidazole rings is 1. The number of hydrogen-bond acceptors (Lipinski definition) is 3. The highest BCUT2D eigenvalue weighted by molar-refractivity contribution is 5.95. The third-order valence-electron chi connectivity index (χ3n) is 6.20. The molecule has 0 bridgehead atoms. The van der Waals surface area contributed by atoms with Crippen LogP contribution < -0.4 is 10.2 Å². The van der Waals surface area contributed by atoms with E-state index in [1.54, 1.807) is 29.1 Å². The van der Waals surface area contributed by atoms with Crippen LogP contribution in [-0.2, 0) is 19.4 Å². The number of hydrogen-bond donors (Lipinski definition) is 1. The standard InChI is InChI=1S/C29H33N5O2/c1-4-25-27(33(5-2)29(36)30-19-18-22-12-8-6-9-13-22)34-21-24(16-17-26(34)31-25)28(35)32(3)20-23-14-10-7-11-15-23/h6-17,21H,4-5,18-20H2,1-3H3,(H,30,36). The predicted molar refractivity (Wildman–Crippen MR) is 143 cm³/mol. The van der Waals surface area contributed by atoms with Crippen LogP contribution in [0.15, 0.2) is 79.0 Å². The molecule has 2 aromatic carbocycles. The van der Waals surface area contributed by atoms with E-state index in [1.165, 1.54) is 5.56 Å². The topological polar surface area (TPSA) is 70.0 Å². The molecule has 0 aliphatic carbocycles. The summed E-state index contributed by atoms with van der Waals surface area (Å²) < 4.78 is 1.86. The van der Waals surface area contributed by atoms with Crippen molar-refractivity contribution in [1.29, 1.82) is 0 Å². The van der Waals surface area contributed by atoms with Crippen LogP contribution in [0.5, 0.6) is 0 Å². The molecule has 3 amide bonds. The van der Waals surface area contributed by atoms with E-state index in [9.17, 15) is 9.59 Å². The number of fused-ring (bicyclic) bond motifs is 1. The number of carbonyl (C=O) groups excluding carboxylic acids is 2. The quantitative estimate of drug-likeness (QED) is 0.366. The van der Waals surface area contributed by atoms with Gasteiger partial charge in [-0.25, -0.2) is 9.78 Å². The molecule has 4 aromatic rings. The van der Waals surface area contributed by atoms with Crippen LogP contribution in [-0.4, -0.2) is 46.4 Å². The van der Waals surface area contributed by atoms with E-state index in [2.05, 4.69) is 17.4 Å². The zero-order valence-corrected chi connectivity index (χ0v) is 21.1. The maximum atomic E-state index is 13.2. The number of aromatic nitrogens is 2. The molecule has 186 valence electrons. The smallest absolute Gasteiger partial charge is 0.323 e. The van der Waals surface area contributed by atoms with Gasteiger partial charge in [-0.2, -0.15) is 0 Å². The normalized spacial score (nSPS) is 10.9. The molecule has 0 atom stereocenters. The van der Waals surface area contributed by atoms with Gasteiger partial charge in [0.1, 0.15) is 11.5 Å². The lowest BCUT2D eigenvalue weighted by Gasteiger charge is -2.23. The fourth-order valence-electron chi connectivity index (χ4n) is 4.32. The van der Waals surface area contributed by atoms with Crippen LogP contribution in [0.25, 0.3) is 5.65 Å². The van der Waals surface area contributed by atoms with Crippen LogP contribution in [0.4, 0.5) is 10.6 Å². The van der Waals surface area contributed by atoms with Crippen LogP contribution in [0.3, 0.4) is 0 Å². The monoisotopic (exact) mass is 483 g/mol. The van der Waals surface area contributed by atoms with E-state index in [-0.39, 0.29) is 11.9 Å². The highest BCUT2D eigenvalue weighted by Crippen LogP contribution is 2.25. The summed E-state index contributed by atoms with van der Waals surface area (Å²) in [6, 6.07) is 23.4. The summed E-state index contributed by atoms with van der Waals surface area (Å²) in [4.78, 5) is 34.6. The zero-order chi connectivity index (χ0) is 25.5. The van der Waals surface area contributed by atoms with Crippen molar-refractivity contribution in [3.05, 3.63) is 101 Å². The van der Waals surface area contributed by atoms with Crippen LogP contribution in [0.2, 0.25) is 0 Å². The Labute approximate surface area is 212 Å². The Morgan fingerprint density at radius 3 is 2.22 bits per heavy atom. The summed E-state index contributed by atoms with van der Waals surface area (Å²) >= 11 is 0. The Balaban J connectivity index is 1.56. The van der Waals surface area contributed by atoms with E-state index in [0.717, 1.165) is 17.7 Å². The molecule has 36 heavy (non-hydrogen) atoms. The van der Waals surface area contributed by atoms with Gasteiger partial charge in [0.2, 0.25) is 0 Å². The second-order valence-corrected chi connectivity index (χ2v) is 8.74. The molecule has 0 aliphatic heterocycles. The van der Waals surface area contributed by atoms with Crippen molar-refractivity contribution in [1.82, 2.24) is 19.6 Å². The molecule has 0 radical (unpaired) electrons. The number of pyridine rings is 1. The van der Waals surface area contributed by atoms with Gasteiger partial charge < -0.3 is 10.2 Å². The number of nitrogens with one attached hydrogen (secondary N) is 1. The number of amides is 3. The zero-order valence-electron chi connectivity index (χ0n) is 21.1. The minimum Gasteiger partial charge on any atom is -0.337 e. The molecule has 1 N–H and O–H groups in total. The SMILES string of the molecule is CCc1nc2ccc(C(=O)N(C)Cc3ccccc3)cn2c1N(CC)C(=O)NCCc1ccccc1. The minimum absolute atomic E-state index is 0.0891. The molecule has 2 aromatic heterocycles. The van der Waals surface area contributed by atoms with Crippen LogP contribution >= 0.6 is 0 Å². The van der Waals surface area contributed by atoms with Gasteiger partial charge in [0.15, 0.2) is 0 Å². The third kappa shape index (κ3) is 5.57. The summed E-state index contributed by atoms with van der Waals surface area (Å²) in [6.45, 7) is 5.49. The fourth-order valence-corrected chi connectivity index (χ4v) is 4.32. The molecule has 0 saturated heterocycles. The molecular weight excluding hydrogens is 450 g/mol. The molecule has 0 unspecified atom stereocenters. The Morgan fingerprint density at radius 1 is 0.917 bits per heavy atom. The van der Waals surface area contributed by atoms with Crippen LogP contribution in [0, 0.1) is 0 Å². The van der Waals surface area contributed by atoms with Crippen molar-refractivity contribution in [3.8, 4) is 0 Å². The number of anilines is 1. The summed E-state index contributed by atoms with van der Waals surface area (Å²) in [6.07, 6.45) is 3.22. The van der Waals surface area contributed by atoms with Gasteiger partial charge >= 0.3 is 6.03 Å². The summed E-state index contributed by atoms with van der Waals surface area (Å²) in [7, 11) is 1.80. The van der Waals surface area contributed by atoms with Crippen molar-refractivity contribution < 1.29 is 9.59 Å². The van der Waals surface area contributed by atoms with E-state index in [1.807, 2.05) is 72.8 Å². The van der Waals surface area contributed by atoms with Gasteiger partial charge in [-0.3, -0.25) is 14.1 Å². The lowest BCUT2D eigenvalue weighted by Crippen LogP contribution is -2.41. The number of carbonyl (C=O) groups is 2. The maximum Gasteiger partial charge on any atom is 0.323 e. The first-order valence-electron chi connectivity index (χ1n) is 12.4. The lowest BCUT2D eigenvalue weighted by atomic mass is 10.1. The average molecular weight is 484 g/mol. The molecule has 2 heterocycles. The Morgan fingerprint density at radius 2 is 1.58 bits per heavy atom. The van der Waals surface area contributed by atoms with E-state index in [0.29, 0.717) is 43.1 Å². The molecule has 0 spiro atoms. The van der Waals surface area contributed by atoms with Gasteiger partial charge in [-0.05, 0) is 43.0 Å². The molecule has 7 heteroatoms. The van der Waals surface area contributed by atoms with E-state index < -0.39 is 0 Å². The second kappa shape index (κ2) is 11.5. The van der Waals surface area contributed by atoms with Crippen molar-refractivity contribution >= 4 is 23.4 Å². The Bertz CT molecular complexity index is 1320. The molecule has 0 fully saturated rings. The maximum absolute atomic E-state index is 13.2. The Kier molecular flexibility index (Phi) is 8.00. The molecule has 7 nitrogen and oxygen atoms in total. The summed E-state index contributed by atoms with van der Waals surface area (Å²) in [5.74, 6) is 0.612. The van der Waals surface area contributed by atoms with Gasteiger partial charge in [0.25, 0.3) is 5.91 Å². The lowest BCUT2D eigenvalue weighted by molar-refractivity contribution is 0.0784. The average Bonchev–Trinajstić information content (AvgIpc) is 3.27. The van der Waals surface area contributed by atoms with E-state index >= 15 is 0 Å². The van der Waals surface area contributed by atoms with Crippen molar-refractivity contribution in [2.45, 2.75) is 33.2 Å². The van der Waals surface area contributed by atoms with E-state index in [4.69, 9.17) is 4.98 Å². The number of urea groups is 1. The molecular formula is C29H33N5O2. The Hall–Kier alpha value is -4.13. The third-order valence-corrected chi connectivity index (χ3v) is 6.20. The molecule has 4 rings (SSSR count). The molecule has 0 aliphatic rings. The summed E-state index contributed by atoms with van der Waals surface area (Å²) in [5, 5.41) is 3.04. The van der Waals surface area contributed by atoms with Gasteiger partial charge in [-0.1, -0.05) is 67.6 Å². The minimum atomic E-state index is -0.178. The first-order chi connectivity index (χ1) is 17.5. The van der Waals surface area contributed by atoms with Gasteiger partial charge in [0, 0.05) is 32.9 Å². The summed E-state index contributed by atoms with van der Waals surface area (Å²) in [5.41, 5.74) is 4.31. The van der Waals surface area contributed by atoms with Crippen LogP contribution in [0.1, 0.15) is 41.0 Å². The highest BCUT2D eigenvalue weighted by Gasteiger charge is 2.23. The van der Waals surface area contributed by atoms with Crippen molar-refractivity contribution in [2.24, 2.45) is 0 Å². The fraction of sp³-hybridized carbons (Fsp3) is 0.276. The second-order valence-electron chi connectivity index (χ2n) is 8.74. The predicted octanol–water partition coefficient (Wildman–Crippen LogP) is 4.95. The van der Waals surface area contributed by atoms with Crippen molar-refractivity contribution in [3.63, 3.8) is 0 Å². The molecule has 0 saturated carbocycles. The number of rotatable bonds is 9. The number of aryl methyl sites for hydroxylation is 1. The number of benzene rings is 2. The first-order valence-corrected chi connectivity index (χ1v) is 12.4.